The molecule has 0 fully saturated rings. The third-order valence-electron chi connectivity index (χ3n) is 5.55. The molecule has 4 aromatic rings. The van der Waals surface area contributed by atoms with Crippen molar-refractivity contribution in [3.05, 3.63) is 82.6 Å². The minimum absolute atomic E-state index is 0.0347. The predicted molar refractivity (Wildman–Crippen MR) is 128 cm³/mol. The number of rotatable bonds is 7. The fourth-order valence-electron chi connectivity index (χ4n) is 3.83. The number of nitrogen functional groups attached to an aromatic ring is 1. The smallest absolute Gasteiger partial charge is 0.231 e. The Bertz CT molecular complexity index is 1360. The number of aromatic nitrogens is 2. The molecule has 0 saturated heterocycles. The van der Waals surface area contributed by atoms with Gasteiger partial charge in [0.2, 0.25) is 6.79 Å². The summed E-state index contributed by atoms with van der Waals surface area (Å²) >= 11 is 6.15. The molecule has 0 unspecified atom stereocenters. The number of nitrogens with zero attached hydrogens (tertiary/aromatic N) is 2. The molecule has 1 aliphatic heterocycles. The van der Waals surface area contributed by atoms with Gasteiger partial charge in [0.15, 0.2) is 17.3 Å². The molecule has 2 aromatic heterocycles. The minimum atomic E-state index is -0.0347. The number of nitrogens with two attached hydrogens (primary N) is 1. The van der Waals surface area contributed by atoms with E-state index in [0.717, 1.165) is 27.6 Å². The molecule has 0 radical (unpaired) electrons. The largest absolute Gasteiger partial charge is 0.454 e. The summed E-state index contributed by atoms with van der Waals surface area (Å²) in [6.45, 7) is 0.705. The van der Waals surface area contributed by atoms with Gasteiger partial charge in [-0.1, -0.05) is 35.9 Å². The van der Waals surface area contributed by atoms with Crippen LogP contribution in [0.5, 0.6) is 11.5 Å². The number of ether oxygens (including phenoxy) is 2. The summed E-state index contributed by atoms with van der Waals surface area (Å²) in [4.78, 5) is 21.5. The maximum absolute atomic E-state index is 13.1. The summed E-state index contributed by atoms with van der Waals surface area (Å²) in [5.74, 6) is 2.40. The van der Waals surface area contributed by atoms with Gasteiger partial charge in [0.25, 0.3) is 0 Å². The van der Waals surface area contributed by atoms with Crippen molar-refractivity contribution < 1.29 is 14.3 Å². The van der Waals surface area contributed by atoms with E-state index in [1.54, 1.807) is 12.3 Å². The Balaban J connectivity index is 1.29. The van der Waals surface area contributed by atoms with Gasteiger partial charge in [-0.3, -0.25) is 4.79 Å². The Morgan fingerprint density at radius 2 is 1.88 bits per heavy atom. The molecule has 0 aliphatic carbocycles. The molecule has 5 rings (SSSR count). The van der Waals surface area contributed by atoms with Crippen LogP contribution in [-0.4, -0.2) is 22.5 Å². The van der Waals surface area contributed by atoms with Gasteiger partial charge >= 0.3 is 0 Å². The number of aryl methyl sites for hydroxylation is 1. The first-order valence-corrected chi connectivity index (χ1v) is 10.9. The number of hydrogen-bond acceptors (Lipinski definition) is 7. The maximum Gasteiger partial charge on any atom is 0.231 e. The number of hydrogen-bond donors (Lipinski definition) is 2. The lowest BCUT2D eigenvalue weighted by Gasteiger charge is -2.12. The number of fused-ring (bicyclic) bond motifs is 2. The van der Waals surface area contributed by atoms with Crippen molar-refractivity contribution in [1.29, 1.82) is 0 Å². The van der Waals surface area contributed by atoms with Crippen LogP contribution in [0.25, 0.3) is 10.8 Å². The number of carbonyl (C=O) groups excluding carboxylic acids is 1. The van der Waals surface area contributed by atoms with Crippen LogP contribution in [0, 0.1) is 0 Å². The Morgan fingerprint density at radius 3 is 2.79 bits per heavy atom. The van der Waals surface area contributed by atoms with Crippen LogP contribution >= 0.6 is 11.6 Å². The van der Waals surface area contributed by atoms with Crippen LogP contribution < -0.4 is 20.5 Å². The number of benzene rings is 2. The molecule has 0 saturated carbocycles. The van der Waals surface area contributed by atoms with Gasteiger partial charge in [0, 0.05) is 30.7 Å². The Hall–Kier alpha value is -3.84. The average Bonchev–Trinajstić information content (AvgIpc) is 3.30. The molecule has 7 nitrogen and oxygen atoms in total. The first-order chi connectivity index (χ1) is 16.1. The highest BCUT2D eigenvalue weighted by molar-refractivity contribution is 6.31. The average molecular weight is 461 g/mol. The SMILES string of the molecule is Nc1nccc2cc(CCC(=O)c3cc(Cl)cnc3NCc3ccc4c(c3)OCO4)ccc12. The zero-order valence-corrected chi connectivity index (χ0v) is 18.4. The van der Waals surface area contributed by atoms with Crippen LogP contribution in [0.4, 0.5) is 11.6 Å². The van der Waals surface area contributed by atoms with E-state index >= 15 is 0 Å². The van der Waals surface area contributed by atoms with E-state index in [2.05, 4.69) is 15.3 Å². The van der Waals surface area contributed by atoms with E-state index in [0.29, 0.717) is 47.4 Å². The Kier molecular flexibility index (Phi) is 5.71. The molecule has 3 N–H and O–H groups in total. The summed E-state index contributed by atoms with van der Waals surface area (Å²) in [6.07, 6.45) is 4.13. The van der Waals surface area contributed by atoms with Crippen molar-refractivity contribution in [2.24, 2.45) is 0 Å². The predicted octanol–water partition coefficient (Wildman–Crippen LogP) is 5.02. The highest BCUT2D eigenvalue weighted by Gasteiger charge is 2.16. The number of nitrogens with one attached hydrogen (secondary N) is 1. The number of carbonyl (C=O) groups is 1. The lowest BCUT2D eigenvalue weighted by molar-refractivity contribution is 0.0983. The van der Waals surface area contributed by atoms with Gasteiger partial charge in [0.05, 0.1) is 10.6 Å². The molecule has 1 aliphatic rings. The van der Waals surface area contributed by atoms with Crippen molar-refractivity contribution >= 4 is 39.8 Å². The van der Waals surface area contributed by atoms with E-state index in [1.807, 2.05) is 42.5 Å². The Labute approximate surface area is 195 Å². The molecule has 0 atom stereocenters. The highest BCUT2D eigenvalue weighted by Crippen LogP contribution is 2.33. The van der Waals surface area contributed by atoms with Gasteiger partial charge in [0.1, 0.15) is 11.6 Å². The first-order valence-electron chi connectivity index (χ1n) is 10.5. The summed E-state index contributed by atoms with van der Waals surface area (Å²) in [5.41, 5.74) is 8.43. The summed E-state index contributed by atoms with van der Waals surface area (Å²) in [7, 11) is 0. The molecule has 3 heterocycles. The van der Waals surface area contributed by atoms with Crippen molar-refractivity contribution in [2.75, 3.05) is 17.8 Å². The van der Waals surface area contributed by atoms with Crippen LogP contribution in [0.1, 0.15) is 27.9 Å². The molecule has 33 heavy (non-hydrogen) atoms. The van der Waals surface area contributed by atoms with Gasteiger partial charge < -0.3 is 20.5 Å². The van der Waals surface area contributed by atoms with Gasteiger partial charge in [-0.25, -0.2) is 9.97 Å². The van der Waals surface area contributed by atoms with Crippen molar-refractivity contribution in [1.82, 2.24) is 9.97 Å². The second kappa shape index (κ2) is 8.96. The normalized spacial score (nSPS) is 12.2. The van der Waals surface area contributed by atoms with Gasteiger partial charge in [-0.15, -0.1) is 0 Å². The van der Waals surface area contributed by atoms with E-state index in [1.165, 1.54) is 6.20 Å². The van der Waals surface area contributed by atoms with E-state index in [4.69, 9.17) is 26.8 Å². The monoisotopic (exact) mass is 460 g/mol. The lowest BCUT2D eigenvalue weighted by atomic mass is 10.0. The molecule has 0 amide bonds. The molecule has 0 bridgehead atoms. The topological polar surface area (TPSA) is 99.4 Å². The second-order valence-corrected chi connectivity index (χ2v) is 8.20. The summed E-state index contributed by atoms with van der Waals surface area (Å²) < 4.78 is 10.8. The van der Waals surface area contributed by atoms with Gasteiger partial charge in [-0.2, -0.15) is 0 Å². The van der Waals surface area contributed by atoms with Crippen molar-refractivity contribution in [3.63, 3.8) is 0 Å². The zero-order chi connectivity index (χ0) is 22.8. The molecule has 166 valence electrons. The van der Waals surface area contributed by atoms with Crippen LogP contribution in [0.2, 0.25) is 5.02 Å². The number of pyridine rings is 2. The lowest BCUT2D eigenvalue weighted by Crippen LogP contribution is -2.10. The highest BCUT2D eigenvalue weighted by atomic mass is 35.5. The first kappa shape index (κ1) is 21.0. The fraction of sp³-hybridized carbons (Fsp3) is 0.160. The molecule has 0 spiro atoms. The van der Waals surface area contributed by atoms with Gasteiger partial charge in [-0.05, 0) is 47.2 Å². The third-order valence-corrected chi connectivity index (χ3v) is 5.76. The van der Waals surface area contributed by atoms with Crippen LogP contribution in [0.15, 0.2) is 60.9 Å². The van der Waals surface area contributed by atoms with Crippen LogP contribution in [0.3, 0.4) is 0 Å². The van der Waals surface area contributed by atoms with E-state index < -0.39 is 0 Å². The zero-order valence-electron chi connectivity index (χ0n) is 17.7. The minimum Gasteiger partial charge on any atom is -0.454 e. The van der Waals surface area contributed by atoms with Crippen LogP contribution in [-0.2, 0) is 13.0 Å². The Morgan fingerprint density at radius 1 is 1.03 bits per heavy atom. The fourth-order valence-corrected chi connectivity index (χ4v) is 3.99. The summed E-state index contributed by atoms with van der Waals surface area (Å²) in [5, 5.41) is 5.57. The maximum atomic E-state index is 13.1. The van der Waals surface area contributed by atoms with E-state index in [-0.39, 0.29) is 12.6 Å². The van der Waals surface area contributed by atoms with Crippen molar-refractivity contribution in [2.45, 2.75) is 19.4 Å². The number of halogens is 1. The molecular weight excluding hydrogens is 440 g/mol. The summed E-state index contributed by atoms with van der Waals surface area (Å²) in [6, 6.07) is 15.2. The quantitative estimate of drug-likeness (QED) is 0.373. The number of ketones is 1. The molecule has 2 aromatic carbocycles. The third kappa shape index (κ3) is 4.54. The number of Topliss-reactive ketones (excluding diaryl/α,β-unsaturated/α-hetero) is 1. The van der Waals surface area contributed by atoms with E-state index in [9.17, 15) is 4.79 Å². The standard InChI is InChI=1S/C25H21ClN4O3/c26-18-11-20(21(31)5-2-15-1-4-19-17(9-15)7-8-28-24(19)27)25(30-13-18)29-12-16-3-6-22-23(10-16)33-14-32-22/h1,3-4,6-11,13H,2,5,12,14H2,(H2,27,28)(H,29,30). The number of anilines is 2. The molecule has 8 heteroatoms. The van der Waals surface area contributed by atoms with Crippen molar-refractivity contribution in [3.8, 4) is 11.5 Å². The second-order valence-electron chi connectivity index (χ2n) is 7.77. The molecular formula is C25H21ClN4O3.